The summed E-state index contributed by atoms with van der Waals surface area (Å²) in [6.07, 6.45) is -0.849. The SMILES string of the molecule is NC(=O)CN(Cc1ccc(OCc2ccccc2)cc1)C(=O)C1COc2ccccc2O1. The van der Waals surface area contributed by atoms with E-state index in [1.807, 2.05) is 60.7 Å². The molecule has 0 aromatic heterocycles. The van der Waals surface area contributed by atoms with Gasteiger partial charge >= 0.3 is 0 Å². The van der Waals surface area contributed by atoms with E-state index in [1.54, 1.807) is 18.2 Å². The number of nitrogens with two attached hydrogens (primary N) is 1. The Morgan fingerprint density at radius 2 is 1.59 bits per heavy atom. The number of carbonyl (C=O) groups is 2. The minimum atomic E-state index is -0.849. The Morgan fingerprint density at radius 1 is 0.906 bits per heavy atom. The zero-order valence-corrected chi connectivity index (χ0v) is 17.5. The molecule has 164 valence electrons. The van der Waals surface area contributed by atoms with Gasteiger partial charge in [-0.25, -0.2) is 0 Å². The zero-order chi connectivity index (χ0) is 22.3. The van der Waals surface area contributed by atoms with E-state index >= 15 is 0 Å². The fraction of sp³-hybridized carbons (Fsp3) is 0.200. The van der Waals surface area contributed by atoms with Crippen LogP contribution in [0.4, 0.5) is 0 Å². The van der Waals surface area contributed by atoms with Crippen molar-refractivity contribution >= 4 is 11.8 Å². The highest BCUT2D eigenvalue weighted by atomic mass is 16.6. The van der Waals surface area contributed by atoms with Crippen LogP contribution in [0.3, 0.4) is 0 Å². The van der Waals surface area contributed by atoms with E-state index in [2.05, 4.69) is 0 Å². The maximum atomic E-state index is 13.1. The number of primary amides is 1. The third-order valence-electron chi connectivity index (χ3n) is 4.99. The highest BCUT2D eigenvalue weighted by Crippen LogP contribution is 2.31. The minimum Gasteiger partial charge on any atom is -0.489 e. The topological polar surface area (TPSA) is 91.1 Å². The van der Waals surface area contributed by atoms with Crippen molar-refractivity contribution in [3.05, 3.63) is 90.0 Å². The van der Waals surface area contributed by atoms with Crippen LogP contribution in [0.2, 0.25) is 0 Å². The monoisotopic (exact) mass is 432 g/mol. The van der Waals surface area contributed by atoms with Gasteiger partial charge in [-0.15, -0.1) is 0 Å². The number of nitrogens with zero attached hydrogens (tertiary/aromatic N) is 1. The molecule has 32 heavy (non-hydrogen) atoms. The highest BCUT2D eigenvalue weighted by Gasteiger charge is 2.31. The molecule has 1 heterocycles. The van der Waals surface area contributed by atoms with Gasteiger partial charge in [0.1, 0.15) is 19.0 Å². The van der Waals surface area contributed by atoms with Crippen LogP contribution < -0.4 is 19.9 Å². The third-order valence-corrected chi connectivity index (χ3v) is 4.99. The molecular formula is C25H24N2O5. The average molecular weight is 432 g/mol. The lowest BCUT2D eigenvalue weighted by Gasteiger charge is -2.30. The van der Waals surface area contributed by atoms with E-state index in [0.717, 1.165) is 11.1 Å². The molecule has 3 aromatic carbocycles. The molecule has 0 fully saturated rings. The lowest BCUT2D eigenvalue weighted by molar-refractivity contribution is -0.144. The largest absolute Gasteiger partial charge is 0.489 e. The second kappa shape index (κ2) is 9.87. The fourth-order valence-electron chi connectivity index (χ4n) is 3.40. The molecule has 3 aromatic rings. The van der Waals surface area contributed by atoms with Crippen molar-refractivity contribution in [3.8, 4) is 17.2 Å². The summed E-state index contributed by atoms with van der Waals surface area (Å²) in [6.45, 7) is 0.527. The molecule has 0 bridgehead atoms. The molecule has 1 atom stereocenters. The molecule has 1 aliphatic rings. The first-order valence-electron chi connectivity index (χ1n) is 10.3. The van der Waals surface area contributed by atoms with Gasteiger partial charge in [0, 0.05) is 6.54 Å². The van der Waals surface area contributed by atoms with Crippen LogP contribution in [-0.2, 0) is 22.7 Å². The highest BCUT2D eigenvalue weighted by molar-refractivity contribution is 5.87. The number of para-hydroxylation sites is 2. The van der Waals surface area contributed by atoms with Crippen molar-refractivity contribution in [1.82, 2.24) is 4.90 Å². The van der Waals surface area contributed by atoms with Gasteiger partial charge in [0.05, 0.1) is 6.54 Å². The molecular weight excluding hydrogens is 408 g/mol. The summed E-state index contributed by atoms with van der Waals surface area (Å²) in [5.74, 6) is 0.840. The molecule has 0 aliphatic carbocycles. The molecule has 4 rings (SSSR count). The van der Waals surface area contributed by atoms with Gasteiger partial charge in [-0.2, -0.15) is 0 Å². The van der Waals surface area contributed by atoms with E-state index in [9.17, 15) is 9.59 Å². The van der Waals surface area contributed by atoms with Crippen LogP contribution >= 0.6 is 0 Å². The maximum Gasteiger partial charge on any atom is 0.268 e. The van der Waals surface area contributed by atoms with Crippen molar-refractivity contribution in [1.29, 1.82) is 0 Å². The van der Waals surface area contributed by atoms with Gasteiger partial charge in [-0.05, 0) is 35.4 Å². The molecule has 1 aliphatic heterocycles. The Morgan fingerprint density at radius 3 is 2.31 bits per heavy atom. The molecule has 7 heteroatoms. The second-order valence-corrected chi connectivity index (χ2v) is 7.44. The van der Waals surface area contributed by atoms with Crippen molar-refractivity contribution in [2.45, 2.75) is 19.3 Å². The predicted molar refractivity (Wildman–Crippen MR) is 118 cm³/mol. The summed E-state index contributed by atoms with van der Waals surface area (Å²) in [5.41, 5.74) is 7.30. The predicted octanol–water partition coefficient (Wildman–Crippen LogP) is 2.92. The Labute approximate surface area is 186 Å². The van der Waals surface area contributed by atoms with E-state index in [0.29, 0.717) is 23.9 Å². The first kappa shape index (κ1) is 21.2. The van der Waals surface area contributed by atoms with Gasteiger partial charge in [0.2, 0.25) is 12.0 Å². The lowest BCUT2D eigenvalue weighted by atomic mass is 10.1. The van der Waals surface area contributed by atoms with Gasteiger partial charge in [0.15, 0.2) is 11.5 Å². The molecule has 0 spiro atoms. The van der Waals surface area contributed by atoms with Gasteiger partial charge < -0.3 is 24.8 Å². The molecule has 7 nitrogen and oxygen atoms in total. The number of rotatable bonds is 8. The summed E-state index contributed by atoms with van der Waals surface area (Å²) in [5, 5.41) is 0. The van der Waals surface area contributed by atoms with Crippen LogP contribution in [0, 0.1) is 0 Å². The molecule has 2 N–H and O–H groups in total. The standard InChI is InChI=1S/C25H24N2O5/c26-24(28)15-27(25(29)23-17-31-21-8-4-5-9-22(21)32-23)14-18-10-12-20(13-11-18)30-16-19-6-2-1-3-7-19/h1-13,23H,14-17H2,(H2,26,28). The normalized spacial score (nSPS) is 14.4. The summed E-state index contributed by atoms with van der Waals surface area (Å²) in [6, 6.07) is 24.4. The first-order chi connectivity index (χ1) is 15.6. The second-order valence-electron chi connectivity index (χ2n) is 7.44. The maximum absolute atomic E-state index is 13.1. The summed E-state index contributed by atoms with van der Waals surface area (Å²) >= 11 is 0. The number of amides is 2. The van der Waals surface area contributed by atoms with Gasteiger partial charge in [-0.3, -0.25) is 9.59 Å². The summed E-state index contributed by atoms with van der Waals surface area (Å²) < 4.78 is 17.2. The number of benzene rings is 3. The number of hydrogen-bond acceptors (Lipinski definition) is 5. The Hall–Kier alpha value is -4.00. The Bertz CT molecular complexity index is 1070. The Kier molecular flexibility index (Phi) is 6.55. The average Bonchev–Trinajstić information content (AvgIpc) is 2.83. The molecule has 1 unspecified atom stereocenters. The molecule has 2 amide bonds. The number of ether oxygens (including phenoxy) is 3. The molecule has 0 radical (unpaired) electrons. The van der Waals surface area contributed by atoms with E-state index < -0.39 is 12.0 Å². The number of carbonyl (C=O) groups excluding carboxylic acids is 2. The van der Waals surface area contributed by atoms with E-state index in [1.165, 1.54) is 4.90 Å². The van der Waals surface area contributed by atoms with Crippen LogP contribution in [0.5, 0.6) is 17.2 Å². The smallest absolute Gasteiger partial charge is 0.268 e. The number of fused-ring (bicyclic) bond motifs is 1. The number of hydrogen-bond donors (Lipinski definition) is 1. The first-order valence-corrected chi connectivity index (χ1v) is 10.3. The van der Waals surface area contributed by atoms with Crippen molar-refractivity contribution in [2.75, 3.05) is 13.2 Å². The molecule has 0 saturated carbocycles. The van der Waals surface area contributed by atoms with Crippen LogP contribution in [-0.4, -0.2) is 36.0 Å². The minimum absolute atomic E-state index is 0.0668. The molecule has 0 saturated heterocycles. The van der Waals surface area contributed by atoms with Crippen LogP contribution in [0.25, 0.3) is 0 Å². The quantitative estimate of drug-likeness (QED) is 0.591. The van der Waals surface area contributed by atoms with Gasteiger partial charge in [0.25, 0.3) is 5.91 Å². The van der Waals surface area contributed by atoms with Crippen molar-refractivity contribution in [2.24, 2.45) is 5.73 Å². The van der Waals surface area contributed by atoms with Gasteiger partial charge in [-0.1, -0.05) is 54.6 Å². The van der Waals surface area contributed by atoms with E-state index in [-0.39, 0.29) is 25.6 Å². The van der Waals surface area contributed by atoms with Crippen LogP contribution in [0.1, 0.15) is 11.1 Å². The zero-order valence-electron chi connectivity index (χ0n) is 17.5. The third kappa shape index (κ3) is 5.37. The van der Waals surface area contributed by atoms with E-state index in [4.69, 9.17) is 19.9 Å². The van der Waals surface area contributed by atoms with Crippen LogP contribution in [0.15, 0.2) is 78.9 Å². The fourth-order valence-corrected chi connectivity index (χ4v) is 3.40. The van der Waals surface area contributed by atoms with Crippen molar-refractivity contribution in [3.63, 3.8) is 0 Å². The lowest BCUT2D eigenvalue weighted by Crippen LogP contribution is -2.48. The van der Waals surface area contributed by atoms with Crippen molar-refractivity contribution < 1.29 is 23.8 Å². The summed E-state index contributed by atoms with van der Waals surface area (Å²) in [7, 11) is 0. The Balaban J connectivity index is 1.40. The summed E-state index contributed by atoms with van der Waals surface area (Å²) in [4.78, 5) is 26.0.